The van der Waals surface area contributed by atoms with Crippen LogP contribution in [0.4, 0.5) is 13.2 Å². The molecule has 1 aliphatic heterocycles. The fraction of sp³-hybridized carbons (Fsp3) is 0.474. The lowest BCUT2D eigenvalue weighted by Crippen LogP contribution is -2.20. The number of esters is 1. The zero-order chi connectivity index (χ0) is 19.9. The topological polar surface area (TPSA) is 66.5 Å². The van der Waals surface area contributed by atoms with Crippen molar-refractivity contribution in [1.82, 2.24) is 9.78 Å². The first-order valence-corrected chi connectivity index (χ1v) is 9.15. The molecule has 0 amide bonds. The summed E-state index contributed by atoms with van der Waals surface area (Å²) in [7, 11) is 0. The van der Waals surface area contributed by atoms with E-state index < -0.39 is 23.5 Å². The normalized spacial score (nSPS) is 18.4. The number of ether oxygens (including phenoxy) is 2. The van der Waals surface area contributed by atoms with Crippen LogP contribution < -0.4 is 0 Å². The summed E-state index contributed by atoms with van der Waals surface area (Å²) in [6, 6.07) is 0. The summed E-state index contributed by atoms with van der Waals surface area (Å²) in [5, 5.41) is 4.38. The van der Waals surface area contributed by atoms with Gasteiger partial charge in [-0.05, 0) is 37.8 Å². The first-order chi connectivity index (χ1) is 13.4. The highest BCUT2D eigenvalue weighted by Crippen LogP contribution is 2.46. The lowest BCUT2D eigenvalue weighted by molar-refractivity contribution is -0.138. The average molecular weight is 396 g/mol. The SMILES string of the molecule is CCOC(=O)c1oc2c(c1C(F)(F)F)-c1nn(CC3CCC=CO3)cc1CC2. The Bertz CT molecular complexity index is 926. The highest BCUT2D eigenvalue weighted by atomic mass is 19.4. The lowest BCUT2D eigenvalue weighted by atomic mass is 9.93. The molecule has 1 aliphatic carbocycles. The number of carbonyl (C=O) groups excluding carboxylic acids is 1. The summed E-state index contributed by atoms with van der Waals surface area (Å²) < 4.78 is 58.6. The van der Waals surface area contributed by atoms with Gasteiger partial charge in [0.1, 0.15) is 17.4 Å². The van der Waals surface area contributed by atoms with Gasteiger partial charge in [-0.15, -0.1) is 0 Å². The maximum atomic E-state index is 13.8. The molecule has 3 heterocycles. The zero-order valence-corrected chi connectivity index (χ0v) is 15.2. The van der Waals surface area contributed by atoms with Crippen LogP contribution in [-0.2, 0) is 35.0 Å². The second kappa shape index (κ2) is 7.03. The van der Waals surface area contributed by atoms with Crippen LogP contribution in [0.2, 0.25) is 0 Å². The lowest BCUT2D eigenvalue weighted by Gasteiger charge is -2.19. The minimum Gasteiger partial charge on any atom is -0.496 e. The van der Waals surface area contributed by atoms with E-state index in [9.17, 15) is 18.0 Å². The number of aryl methyl sites for hydroxylation is 2. The summed E-state index contributed by atoms with van der Waals surface area (Å²) >= 11 is 0. The minimum absolute atomic E-state index is 0.0444. The number of aromatic nitrogens is 2. The van der Waals surface area contributed by atoms with Crippen molar-refractivity contribution in [3.8, 4) is 11.3 Å². The summed E-state index contributed by atoms with van der Waals surface area (Å²) in [6.45, 7) is 1.92. The van der Waals surface area contributed by atoms with Crippen molar-refractivity contribution in [2.45, 2.75) is 51.4 Å². The van der Waals surface area contributed by atoms with E-state index in [0.717, 1.165) is 12.8 Å². The molecule has 1 atom stereocenters. The molecule has 6 nitrogen and oxygen atoms in total. The first kappa shape index (κ1) is 18.6. The number of furan rings is 1. The third-order valence-electron chi connectivity index (χ3n) is 4.83. The predicted molar refractivity (Wildman–Crippen MR) is 91.5 cm³/mol. The Morgan fingerprint density at radius 3 is 2.89 bits per heavy atom. The Morgan fingerprint density at radius 2 is 2.21 bits per heavy atom. The van der Waals surface area contributed by atoms with Gasteiger partial charge in [0, 0.05) is 12.6 Å². The van der Waals surface area contributed by atoms with E-state index in [4.69, 9.17) is 13.9 Å². The summed E-state index contributed by atoms with van der Waals surface area (Å²) in [5.74, 6) is -1.81. The number of halogens is 3. The third kappa shape index (κ3) is 3.29. The molecule has 2 aliphatic rings. The Balaban J connectivity index is 1.75. The van der Waals surface area contributed by atoms with Crippen molar-refractivity contribution < 1.29 is 31.9 Å². The smallest absolute Gasteiger partial charge is 0.421 e. The number of hydrogen-bond donors (Lipinski definition) is 0. The van der Waals surface area contributed by atoms with E-state index >= 15 is 0 Å². The van der Waals surface area contributed by atoms with Gasteiger partial charge in [0.15, 0.2) is 0 Å². The molecular weight excluding hydrogens is 377 g/mol. The summed E-state index contributed by atoms with van der Waals surface area (Å²) in [6.07, 6.45) is 2.92. The molecule has 0 radical (unpaired) electrons. The number of fused-ring (bicyclic) bond motifs is 3. The van der Waals surface area contributed by atoms with E-state index in [1.165, 1.54) is 6.92 Å². The van der Waals surface area contributed by atoms with Crippen LogP contribution in [0.3, 0.4) is 0 Å². The highest BCUT2D eigenvalue weighted by molar-refractivity contribution is 5.92. The van der Waals surface area contributed by atoms with Crippen molar-refractivity contribution in [3.63, 3.8) is 0 Å². The molecule has 0 saturated heterocycles. The van der Waals surface area contributed by atoms with Gasteiger partial charge in [0.2, 0.25) is 5.76 Å². The monoisotopic (exact) mass is 396 g/mol. The summed E-state index contributed by atoms with van der Waals surface area (Å²) in [4.78, 5) is 12.0. The molecule has 0 N–H and O–H groups in total. The van der Waals surface area contributed by atoms with Gasteiger partial charge in [-0.3, -0.25) is 4.68 Å². The Hall–Kier alpha value is -2.71. The molecule has 2 aromatic rings. The molecule has 0 spiro atoms. The minimum atomic E-state index is -4.77. The van der Waals surface area contributed by atoms with Crippen molar-refractivity contribution >= 4 is 5.97 Å². The number of allylic oxidation sites excluding steroid dienone is 1. The average Bonchev–Trinajstić information content (AvgIpc) is 3.22. The molecule has 0 fully saturated rings. The maximum Gasteiger partial charge on any atom is 0.421 e. The Morgan fingerprint density at radius 1 is 1.39 bits per heavy atom. The standard InChI is InChI=1S/C19H19F3N2O4/c1-2-26-18(25)17-15(19(20,21)22)14-13(28-17)7-6-11-9-24(23-16(11)14)10-12-5-3-4-8-27-12/h4,8-9,12H,2-3,5-7,10H2,1H3. The van der Waals surface area contributed by atoms with E-state index in [0.29, 0.717) is 18.5 Å². The Kier molecular flexibility index (Phi) is 4.68. The van der Waals surface area contributed by atoms with Crippen LogP contribution >= 0.6 is 0 Å². The van der Waals surface area contributed by atoms with Crippen LogP contribution in [0.5, 0.6) is 0 Å². The molecule has 2 aromatic heterocycles. The van der Waals surface area contributed by atoms with Gasteiger partial charge < -0.3 is 13.9 Å². The van der Waals surface area contributed by atoms with Gasteiger partial charge >= 0.3 is 12.1 Å². The van der Waals surface area contributed by atoms with Gasteiger partial charge in [-0.25, -0.2) is 4.79 Å². The van der Waals surface area contributed by atoms with Crippen LogP contribution in [0, 0.1) is 0 Å². The summed E-state index contributed by atoms with van der Waals surface area (Å²) in [5.41, 5.74) is -0.358. The molecule has 0 bridgehead atoms. The van der Waals surface area contributed by atoms with E-state index in [2.05, 4.69) is 5.10 Å². The number of rotatable bonds is 4. The van der Waals surface area contributed by atoms with E-state index in [1.807, 2.05) is 6.08 Å². The molecule has 0 aromatic carbocycles. The largest absolute Gasteiger partial charge is 0.496 e. The number of hydrogen-bond acceptors (Lipinski definition) is 5. The fourth-order valence-corrected chi connectivity index (χ4v) is 3.64. The van der Waals surface area contributed by atoms with Gasteiger partial charge in [-0.1, -0.05) is 0 Å². The number of nitrogens with zero attached hydrogens (tertiary/aromatic N) is 2. The van der Waals surface area contributed by atoms with Crippen LogP contribution in [-0.4, -0.2) is 28.5 Å². The fourth-order valence-electron chi connectivity index (χ4n) is 3.64. The molecule has 0 saturated carbocycles. The van der Waals surface area contributed by atoms with Gasteiger partial charge in [0.05, 0.1) is 30.7 Å². The van der Waals surface area contributed by atoms with Gasteiger partial charge in [-0.2, -0.15) is 18.3 Å². The zero-order valence-electron chi connectivity index (χ0n) is 15.2. The van der Waals surface area contributed by atoms with E-state index in [1.54, 1.807) is 17.1 Å². The molecule has 9 heteroatoms. The number of alkyl halides is 3. The second-order valence-corrected chi connectivity index (χ2v) is 6.75. The molecule has 4 rings (SSSR count). The highest BCUT2D eigenvalue weighted by Gasteiger charge is 2.45. The first-order valence-electron chi connectivity index (χ1n) is 9.15. The second-order valence-electron chi connectivity index (χ2n) is 6.75. The third-order valence-corrected chi connectivity index (χ3v) is 4.83. The molecule has 1 unspecified atom stereocenters. The van der Waals surface area contributed by atoms with Crippen molar-refractivity contribution in [2.75, 3.05) is 6.61 Å². The van der Waals surface area contributed by atoms with Crippen molar-refractivity contribution in [3.05, 3.63) is 41.2 Å². The van der Waals surface area contributed by atoms with Crippen LogP contribution in [0.15, 0.2) is 23.0 Å². The molecule has 150 valence electrons. The Labute approximate surface area is 158 Å². The number of carbonyl (C=O) groups is 1. The van der Waals surface area contributed by atoms with Crippen LogP contribution in [0.1, 0.15) is 47.2 Å². The predicted octanol–water partition coefficient (Wildman–Crippen LogP) is 4.13. The van der Waals surface area contributed by atoms with Gasteiger partial charge in [0.25, 0.3) is 0 Å². The van der Waals surface area contributed by atoms with Crippen molar-refractivity contribution in [2.24, 2.45) is 0 Å². The quantitative estimate of drug-likeness (QED) is 0.727. The molecular formula is C19H19F3N2O4. The van der Waals surface area contributed by atoms with Crippen molar-refractivity contribution in [1.29, 1.82) is 0 Å². The van der Waals surface area contributed by atoms with Crippen LogP contribution in [0.25, 0.3) is 11.3 Å². The maximum absolute atomic E-state index is 13.8. The molecule has 28 heavy (non-hydrogen) atoms. The van der Waals surface area contributed by atoms with E-state index in [-0.39, 0.29) is 36.1 Å².